The fourth-order valence-corrected chi connectivity index (χ4v) is 2.82. The van der Waals surface area contributed by atoms with E-state index in [9.17, 15) is 0 Å². The van der Waals surface area contributed by atoms with Crippen molar-refractivity contribution in [2.75, 3.05) is 6.54 Å². The van der Waals surface area contributed by atoms with Crippen molar-refractivity contribution in [1.29, 1.82) is 0 Å². The first-order chi connectivity index (χ1) is 10.4. The van der Waals surface area contributed by atoms with Gasteiger partial charge in [-0.15, -0.1) is 0 Å². The molecule has 0 spiro atoms. The maximum absolute atomic E-state index is 5.40. The van der Waals surface area contributed by atoms with Gasteiger partial charge in [-0.25, -0.2) is 4.98 Å². The molecule has 3 rings (SSSR count). The van der Waals surface area contributed by atoms with E-state index in [1.165, 1.54) is 18.7 Å². The van der Waals surface area contributed by atoms with Crippen LogP contribution in [-0.2, 0) is 12.0 Å². The lowest BCUT2D eigenvalue weighted by Crippen LogP contribution is -2.29. The number of aromatic nitrogens is 4. The van der Waals surface area contributed by atoms with Crippen LogP contribution in [0.5, 0.6) is 0 Å². The second-order valence-corrected chi connectivity index (χ2v) is 7.15. The largest absolute Gasteiger partial charge is 0.338 e. The van der Waals surface area contributed by atoms with Crippen LogP contribution >= 0.6 is 0 Å². The van der Waals surface area contributed by atoms with E-state index in [-0.39, 0.29) is 11.5 Å². The van der Waals surface area contributed by atoms with Crippen molar-refractivity contribution in [3.63, 3.8) is 0 Å². The Morgan fingerprint density at radius 3 is 3.00 bits per heavy atom. The smallest absolute Gasteiger partial charge is 0.243 e. The number of hydrogen-bond donors (Lipinski definition) is 1. The number of nitrogens with one attached hydrogen (secondary N) is 1. The van der Waals surface area contributed by atoms with Crippen LogP contribution in [0.1, 0.15) is 70.0 Å². The predicted octanol–water partition coefficient (Wildman–Crippen LogP) is 2.79. The third kappa shape index (κ3) is 3.06. The van der Waals surface area contributed by atoms with E-state index in [1.807, 2.05) is 6.20 Å². The molecule has 0 bridgehead atoms. The molecule has 0 radical (unpaired) electrons. The van der Waals surface area contributed by atoms with E-state index in [1.54, 1.807) is 0 Å². The number of imidazole rings is 1. The third-order valence-electron chi connectivity index (χ3n) is 4.22. The summed E-state index contributed by atoms with van der Waals surface area (Å²) in [5.74, 6) is 3.05. The Morgan fingerprint density at radius 1 is 1.45 bits per heavy atom. The molecular weight excluding hydrogens is 278 g/mol. The summed E-state index contributed by atoms with van der Waals surface area (Å²) < 4.78 is 7.66. The molecule has 1 aliphatic rings. The molecule has 2 unspecified atom stereocenters. The second kappa shape index (κ2) is 5.83. The molecule has 0 aromatic carbocycles. The SMILES string of the molecule is CC(NCC1CCCn2ccnc21)c1nc(C(C)(C)C)no1. The van der Waals surface area contributed by atoms with Crippen LogP contribution in [0.25, 0.3) is 0 Å². The van der Waals surface area contributed by atoms with E-state index in [0.29, 0.717) is 11.8 Å². The van der Waals surface area contributed by atoms with E-state index in [2.05, 4.69) is 58.9 Å². The van der Waals surface area contributed by atoms with Gasteiger partial charge in [0.25, 0.3) is 0 Å². The van der Waals surface area contributed by atoms with Gasteiger partial charge in [0.1, 0.15) is 5.82 Å². The summed E-state index contributed by atoms with van der Waals surface area (Å²) in [6.45, 7) is 10.3. The molecule has 22 heavy (non-hydrogen) atoms. The van der Waals surface area contributed by atoms with Gasteiger partial charge in [0.2, 0.25) is 5.89 Å². The normalized spacial score (nSPS) is 19.9. The van der Waals surface area contributed by atoms with E-state index in [0.717, 1.165) is 18.9 Å². The molecule has 2 aromatic rings. The lowest BCUT2D eigenvalue weighted by molar-refractivity contribution is 0.322. The molecular formula is C16H25N5O. The molecule has 0 saturated heterocycles. The summed E-state index contributed by atoms with van der Waals surface area (Å²) in [6, 6.07) is 0.0499. The van der Waals surface area contributed by atoms with Crippen LogP contribution in [0.4, 0.5) is 0 Å². The Labute approximate surface area is 131 Å². The van der Waals surface area contributed by atoms with Crippen LogP contribution in [0, 0.1) is 0 Å². The van der Waals surface area contributed by atoms with E-state index >= 15 is 0 Å². The van der Waals surface area contributed by atoms with Gasteiger partial charge in [0, 0.05) is 36.8 Å². The Hall–Kier alpha value is -1.69. The Morgan fingerprint density at radius 2 is 2.27 bits per heavy atom. The molecule has 0 fully saturated rings. The summed E-state index contributed by atoms with van der Waals surface area (Å²) in [7, 11) is 0. The lowest BCUT2D eigenvalue weighted by atomic mass is 9.96. The average Bonchev–Trinajstić information content (AvgIpc) is 3.12. The molecule has 3 heterocycles. The first-order valence-electron chi connectivity index (χ1n) is 8.03. The maximum Gasteiger partial charge on any atom is 0.243 e. The topological polar surface area (TPSA) is 68.8 Å². The van der Waals surface area contributed by atoms with Crippen molar-refractivity contribution in [2.45, 2.75) is 64.5 Å². The molecule has 2 aromatic heterocycles. The first kappa shape index (κ1) is 15.2. The molecule has 0 aliphatic carbocycles. The van der Waals surface area contributed by atoms with Crippen molar-refractivity contribution in [1.82, 2.24) is 25.0 Å². The zero-order valence-electron chi connectivity index (χ0n) is 13.8. The highest BCUT2D eigenvalue weighted by Crippen LogP contribution is 2.26. The van der Waals surface area contributed by atoms with Gasteiger partial charge in [-0.2, -0.15) is 4.98 Å². The Bertz CT molecular complexity index is 625. The summed E-state index contributed by atoms with van der Waals surface area (Å²) >= 11 is 0. The summed E-state index contributed by atoms with van der Waals surface area (Å²) in [6.07, 6.45) is 6.34. The van der Waals surface area contributed by atoms with Gasteiger partial charge < -0.3 is 14.4 Å². The zero-order chi connectivity index (χ0) is 15.7. The van der Waals surface area contributed by atoms with E-state index < -0.39 is 0 Å². The molecule has 120 valence electrons. The van der Waals surface area contributed by atoms with Crippen LogP contribution in [0.3, 0.4) is 0 Å². The monoisotopic (exact) mass is 303 g/mol. The van der Waals surface area contributed by atoms with Crippen LogP contribution < -0.4 is 5.32 Å². The van der Waals surface area contributed by atoms with Gasteiger partial charge in [-0.1, -0.05) is 25.9 Å². The number of rotatable bonds is 4. The molecule has 6 nitrogen and oxygen atoms in total. The molecule has 0 amide bonds. The van der Waals surface area contributed by atoms with Crippen LogP contribution in [-0.4, -0.2) is 26.2 Å². The lowest BCUT2D eigenvalue weighted by Gasteiger charge is -2.24. The number of nitrogens with zero attached hydrogens (tertiary/aromatic N) is 4. The maximum atomic E-state index is 5.40. The molecule has 6 heteroatoms. The summed E-state index contributed by atoms with van der Waals surface area (Å²) in [5, 5.41) is 7.60. The number of fused-ring (bicyclic) bond motifs is 1. The van der Waals surface area contributed by atoms with Crippen molar-refractivity contribution in [2.24, 2.45) is 0 Å². The van der Waals surface area contributed by atoms with Crippen LogP contribution in [0.15, 0.2) is 16.9 Å². The van der Waals surface area contributed by atoms with Gasteiger partial charge in [0.15, 0.2) is 5.82 Å². The fourth-order valence-electron chi connectivity index (χ4n) is 2.82. The van der Waals surface area contributed by atoms with Crippen molar-refractivity contribution in [3.8, 4) is 0 Å². The van der Waals surface area contributed by atoms with Gasteiger partial charge >= 0.3 is 0 Å². The summed E-state index contributed by atoms with van der Waals surface area (Å²) in [5.41, 5.74) is -0.0877. The third-order valence-corrected chi connectivity index (χ3v) is 4.22. The molecule has 1 N–H and O–H groups in total. The highest BCUT2D eigenvalue weighted by Gasteiger charge is 2.25. The van der Waals surface area contributed by atoms with E-state index in [4.69, 9.17) is 4.52 Å². The standard InChI is InChI=1S/C16H25N5O/c1-11(14-19-15(20-22-14)16(2,3)4)18-10-12-6-5-8-21-9-7-17-13(12)21/h7,9,11-12,18H,5-6,8,10H2,1-4H3. The minimum Gasteiger partial charge on any atom is -0.338 e. The summed E-state index contributed by atoms with van der Waals surface area (Å²) in [4.78, 5) is 9.02. The number of hydrogen-bond acceptors (Lipinski definition) is 5. The second-order valence-electron chi connectivity index (χ2n) is 7.15. The van der Waals surface area contributed by atoms with Gasteiger partial charge in [0.05, 0.1) is 6.04 Å². The highest BCUT2D eigenvalue weighted by atomic mass is 16.5. The first-order valence-corrected chi connectivity index (χ1v) is 8.03. The van der Waals surface area contributed by atoms with Crippen molar-refractivity contribution in [3.05, 3.63) is 29.9 Å². The molecule has 1 aliphatic heterocycles. The quantitative estimate of drug-likeness (QED) is 0.940. The van der Waals surface area contributed by atoms with Crippen LogP contribution in [0.2, 0.25) is 0 Å². The fraction of sp³-hybridized carbons (Fsp3) is 0.688. The minimum absolute atomic E-state index is 0.0499. The highest BCUT2D eigenvalue weighted by molar-refractivity contribution is 5.05. The van der Waals surface area contributed by atoms with Crippen molar-refractivity contribution >= 4 is 0 Å². The van der Waals surface area contributed by atoms with Crippen molar-refractivity contribution < 1.29 is 4.52 Å². The molecule has 2 atom stereocenters. The average molecular weight is 303 g/mol. The van der Waals surface area contributed by atoms with Gasteiger partial charge in [-0.05, 0) is 19.8 Å². The van der Waals surface area contributed by atoms with Gasteiger partial charge in [-0.3, -0.25) is 0 Å². The number of aryl methyl sites for hydroxylation is 1. The molecule has 0 saturated carbocycles. The Balaban J connectivity index is 1.62. The minimum atomic E-state index is -0.0877. The zero-order valence-corrected chi connectivity index (χ0v) is 13.8. The Kier molecular flexibility index (Phi) is 4.04. The predicted molar refractivity (Wildman–Crippen MR) is 83.6 cm³/mol.